The molecule has 4 rings (SSSR count). The molecule has 0 saturated heterocycles. The van der Waals surface area contributed by atoms with Gasteiger partial charge in [0.15, 0.2) is 11.5 Å². The number of methoxy groups -OCH3 is 1. The molecule has 1 unspecified atom stereocenters. The Hall–Kier alpha value is -5.57. The van der Waals surface area contributed by atoms with E-state index >= 15 is 0 Å². The number of benzene rings is 3. The number of hydrogen-bond acceptors (Lipinski definition) is 12. The predicted molar refractivity (Wildman–Crippen MR) is 215 cm³/mol. The van der Waals surface area contributed by atoms with E-state index in [1.807, 2.05) is 42.5 Å². The largest absolute Gasteiger partial charge is 0.493 e. The second-order valence-corrected chi connectivity index (χ2v) is 14.4. The Kier molecular flexibility index (Phi) is 18.4. The smallest absolute Gasteiger partial charge is 0.333 e. The number of carbonyl (C=O) groups is 3. The van der Waals surface area contributed by atoms with Gasteiger partial charge in [-0.15, -0.1) is 10.1 Å². The second kappa shape index (κ2) is 23.6. The van der Waals surface area contributed by atoms with E-state index in [9.17, 15) is 39.8 Å². The number of ether oxygens (including phenoxy) is 3. The Morgan fingerprint density at radius 1 is 0.914 bits per heavy atom. The van der Waals surface area contributed by atoms with Crippen LogP contribution in [0.2, 0.25) is 0 Å². The number of aliphatic hydroxyl groups excluding tert-OH is 3. The summed E-state index contributed by atoms with van der Waals surface area (Å²) in [5, 5.41) is 43.9. The van der Waals surface area contributed by atoms with Crippen molar-refractivity contribution in [3.63, 3.8) is 0 Å². The third-order valence-electron chi connectivity index (χ3n) is 10.1. The standard InChI is InChI=1S/C44H54N2O12/c1-30(44(52)58-40-24-19-32(26-41(40)55-2)20-25-43(51)56-28-33-14-16-34(17-15-33)29-57-46(53)54)45-42(50)13-9-4-3-8-12-36-37(39(49)27-38(36)48)23-22-35(47)21-18-31-10-6-5-7-11-31/h3,5-8,10-11,14-17,19-20,24-26,30,35-39,47-49H,4,9,12-13,18,21-23,27-29H2,1-2H3,(H,45,50)/t30?,35-,36+,37+,38-,39+/m0/s1. The normalized spacial score (nSPS) is 18.8. The van der Waals surface area contributed by atoms with Crippen molar-refractivity contribution in [1.82, 2.24) is 5.32 Å². The van der Waals surface area contributed by atoms with Crippen LogP contribution >= 0.6 is 0 Å². The lowest BCUT2D eigenvalue weighted by Crippen LogP contribution is -2.40. The van der Waals surface area contributed by atoms with Crippen molar-refractivity contribution < 1.29 is 53.8 Å². The van der Waals surface area contributed by atoms with Crippen LogP contribution in [0, 0.1) is 22.0 Å². The van der Waals surface area contributed by atoms with Gasteiger partial charge >= 0.3 is 11.9 Å². The second-order valence-electron chi connectivity index (χ2n) is 14.4. The minimum Gasteiger partial charge on any atom is -0.493 e. The van der Waals surface area contributed by atoms with Gasteiger partial charge in [-0.3, -0.25) is 4.79 Å². The van der Waals surface area contributed by atoms with E-state index in [4.69, 9.17) is 14.2 Å². The molecule has 0 heterocycles. The van der Waals surface area contributed by atoms with Crippen LogP contribution in [0.15, 0.2) is 91.0 Å². The maximum Gasteiger partial charge on any atom is 0.333 e. The molecular formula is C44H54N2O12. The highest BCUT2D eigenvalue weighted by molar-refractivity contribution is 5.87. The molecule has 14 nitrogen and oxygen atoms in total. The minimum atomic E-state index is -0.934. The van der Waals surface area contributed by atoms with Crippen LogP contribution in [0.3, 0.4) is 0 Å². The topological polar surface area (TPSA) is 204 Å². The Balaban J connectivity index is 1.13. The monoisotopic (exact) mass is 802 g/mol. The summed E-state index contributed by atoms with van der Waals surface area (Å²) in [5.41, 5.74) is 3.03. The maximum atomic E-state index is 12.8. The van der Waals surface area contributed by atoms with E-state index in [-0.39, 0.29) is 48.9 Å². The summed E-state index contributed by atoms with van der Waals surface area (Å²) in [6.07, 6.45) is 9.91. The van der Waals surface area contributed by atoms with Gasteiger partial charge in [0.05, 0.1) is 25.4 Å². The van der Waals surface area contributed by atoms with E-state index in [0.717, 1.165) is 6.42 Å². The molecule has 0 spiro atoms. The SMILES string of the molecule is COc1cc(C=CC(=O)OCc2ccc(CO[N+](=O)[O-])cc2)ccc1OC(=O)C(C)NC(=O)CCCC=CC[C@@H]1[C@@H](CC[C@@H](O)CCc2ccccc2)[C@H](O)C[C@@H]1O. The van der Waals surface area contributed by atoms with Crippen LogP contribution in [0.4, 0.5) is 0 Å². The summed E-state index contributed by atoms with van der Waals surface area (Å²) in [7, 11) is 1.40. The molecule has 58 heavy (non-hydrogen) atoms. The van der Waals surface area contributed by atoms with Gasteiger partial charge in [0.1, 0.15) is 19.3 Å². The van der Waals surface area contributed by atoms with Crippen molar-refractivity contribution in [2.24, 2.45) is 11.8 Å². The lowest BCUT2D eigenvalue weighted by molar-refractivity contribution is -0.763. The van der Waals surface area contributed by atoms with E-state index in [1.165, 1.54) is 37.8 Å². The van der Waals surface area contributed by atoms with Gasteiger partial charge in [-0.1, -0.05) is 72.8 Å². The molecule has 1 fully saturated rings. The molecule has 1 saturated carbocycles. The highest BCUT2D eigenvalue weighted by atomic mass is 16.9. The van der Waals surface area contributed by atoms with Crippen LogP contribution in [-0.2, 0) is 43.6 Å². The summed E-state index contributed by atoms with van der Waals surface area (Å²) < 4.78 is 16.1. The number of rotatable bonds is 23. The van der Waals surface area contributed by atoms with Gasteiger partial charge in [0, 0.05) is 12.5 Å². The summed E-state index contributed by atoms with van der Waals surface area (Å²) in [5.74, 6) is -1.43. The highest BCUT2D eigenvalue weighted by Crippen LogP contribution is 2.38. The molecule has 6 atom stereocenters. The fourth-order valence-corrected chi connectivity index (χ4v) is 6.83. The summed E-state index contributed by atoms with van der Waals surface area (Å²) in [6.45, 7) is 1.34. The third-order valence-corrected chi connectivity index (χ3v) is 10.1. The minimum absolute atomic E-state index is 0.00697. The fourth-order valence-electron chi connectivity index (χ4n) is 6.83. The zero-order valence-electron chi connectivity index (χ0n) is 32.9. The van der Waals surface area contributed by atoms with E-state index in [0.29, 0.717) is 61.6 Å². The van der Waals surface area contributed by atoms with Crippen molar-refractivity contribution in [3.05, 3.63) is 123 Å². The maximum absolute atomic E-state index is 12.8. The van der Waals surface area contributed by atoms with E-state index in [2.05, 4.69) is 10.2 Å². The average Bonchev–Trinajstić information content (AvgIpc) is 3.49. The van der Waals surface area contributed by atoms with Gasteiger partial charge in [0.2, 0.25) is 5.91 Å². The van der Waals surface area contributed by atoms with Gasteiger partial charge in [-0.05, 0) is 111 Å². The summed E-state index contributed by atoms with van der Waals surface area (Å²) in [4.78, 5) is 52.3. The Labute approximate surface area is 338 Å². The number of aliphatic hydroxyl groups is 3. The molecule has 4 N–H and O–H groups in total. The first-order valence-corrected chi connectivity index (χ1v) is 19.5. The third kappa shape index (κ3) is 15.4. The Morgan fingerprint density at radius 3 is 2.33 bits per heavy atom. The number of hydrogen-bond donors (Lipinski definition) is 4. The molecule has 3 aromatic rings. The first-order valence-electron chi connectivity index (χ1n) is 19.5. The summed E-state index contributed by atoms with van der Waals surface area (Å²) >= 11 is 0. The van der Waals surface area contributed by atoms with Crippen LogP contribution in [0.1, 0.15) is 80.5 Å². The van der Waals surface area contributed by atoms with Crippen molar-refractivity contribution >= 4 is 23.9 Å². The zero-order chi connectivity index (χ0) is 41.9. The predicted octanol–water partition coefficient (Wildman–Crippen LogP) is 5.82. The molecule has 0 aliphatic heterocycles. The molecule has 3 aromatic carbocycles. The zero-order valence-corrected chi connectivity index (χ0v) is 32.9. The quantitative estimate of drug-likeness (QED) is 0.0170. The molecule has 0 bridgehead atoms. The number of amides is 1. The Morgan fingerprint density at radius 2 is 1.62 bits per heavy atom. The summed E-state index contributed by atoms with van der Waals surface area (Å²) in [6, 6.07) is 20.4. The first kappa shape index (κ1) is 45.1. The van der Waals surface area contributed by atoms with E-state index < -0.39 is 41.4 Å². The van der Waals surface area contributed by atoms with Gasteiger partial charge in [-0.2, -0.15) is 0 Å². The fraction of sp³-hybridized carbons (Fsp3) is 0.432. The van der Waals surface area contributed by atoms with Gasteiger partial charge < -0.3 is 39.7 Å². The Bertz CT molecular complexity index is 1830. The molecule has 1 aliphatic carbocycles. The molecule has 0 aromatic heterocycles. The molecule has 14 heteroatoms. The van der Waals surface area contributed by atoms with Crippen molar-refractivity contribution in [3.8, 4) is 11.5 Å². The van der Waals surface area contributed by atoms with Crippen LogP contribution in [-0.4, -0.2) is 69.7 Å². The molecule has 312 valence electrons. The molecular weight excluding hydrogens is 748 g/mol. The lowest BCUT2D eigenvalue weighted by atomic mass is 9.85. The van der Waals surface area contributed by atoms with E-state index in [1.54, 1.807) is 36.4 Å². The number of esters is 2. The number of carbonyl (C=O) groups excluding carboxylic acids is 3. The average molecular weight is 803 g/mol. The van der Waals surface area contributed by atoms with Gasteiger partial charge in [0.25, 0.3) is 5.09 Å². The van der Waals surface area contributed by atoms with Crippen LogP contribution in [0.25, 0.3) is 6.08 Å². The molecule has 0 radical (unpaired) electrons. The molecule has 1 amide bonds. The lowest BCUT2D eigenvalue weighted by Gasteiger charge is -2.23. The number of allylic oxidation sites excluding steroid dienone is 2. The first-order chi connectivity index (χ1) is 27.9. The number of nitrogens with zero attached hydrogens (tertiary/aromatic N) is 1. The molecule has 1 aliphatic rings. The van der Waals surface area contributed by atoms with Crippen LogP contribution in [0.5, 0.6) is 11.5 Å². The van der Waals surface area contributed by atoms with Crippen molar-refractivity contribution in [2.45, 2.75) is 102 Å². The highest BCUT2D eigenvalue weighted by Gasteiger charge is 2.40. The van der Waals surface area contributed by atoms with Crippen molar-refractivity contribution in [2.75, 3.05) is 7.11 Å². The van der Waals surface area contributed by atoms with Crippen molar-refractivity contribution in [1.29, 1.82) is 0 Å². The van der Waals surface area contributed by atoms with Gasteiger partial charge in [-0.25, -0.2) is 9.59 Å². The number of nitrogens with one attached hydrogen (secondary N) is 1. The van der Waals surface area contributed by atoms with Crippen LogP contribution < -0.4 is 14.8 Å². The number of unbranched alkanes of at least 4 members (excludes halogenated alkanes) is 1. The number of aryl methyl sites for hydroxylation is 1.